The Kier molecular flexibility index (Phi) is 5.37. The summed E-state index contributed by atoms with van der Waals surface area (Å²) in [5, 5.41) is 7.87. The first-order chi connectivity index (χ1) is 9.22. The quantitative estimate of drug-likeness (QED) is 0.831. The van der Waals surface area contributed by atoms with Gasteiger partial charge in [0.05, 0.1) is 0 Å². The summed E-state index contributed by atoms with van der Waals surface area (Å²) < 4.78 is 2.06. The number of aromatic nitrogens is 3. The van der Waals surface area contributed by atoms with Gasteiger partial charge < -0.3 is 5.32 Å². The van der Waals surface area contributed by atoms with Crippen molar-refractivity contribution in [3.8, 4) is 0 Å². The van der Waals surface area contributed by atoms with Gasteiger partial charge in [0.15, 0.2) is 0 Å². The van der Waals surface area contributed by atoms with Crippen LogP contribution in [0.3, 0.4) is 0 Å². The van der Waals surface area contributed by atoms with Crippen LogP contribution in [0.5, 0.6) is 0 Å². The van der Waals surface area contributed by atoms with Crippen LogP contribution >= 0.6 is 0 Å². The minimum atomic E-state index is 0.393. The molecule has 108 valence electrons. The molecule has 0 aromatic carbocycles. The number of hydrogen-bond donors (Lipinski definition) is 1. The SMILES string of the molecule is CNC(Cc1ncnn1C(C)C)C1CCCCCC1. The average Bonchev–Trinajstić information content (AvgIpc) is 2.69. The fourth-order valence-corrected chi connectivity index (χ4v) is 3.27. The Labute approximate surface area is 117 Å². The molecule has 0 bridgehead atoms. The third-order valence-corrected chi connectivity index (χ3v) is 4.38. The third-order valence-electron chi connectivity index (χ3n) is 4.38. The van der Waals surface area contributed by atoms with Gasteiger partial charge in [-0.2, -0.15) is 5.10 Å². The Bertz CT molecular complexity index is 364. The van der Waals surface area contributed by atoms with Crippen LogP contribution in [-0.2, 0) is 6.42 Å². The zero-order valence-corrected chi connectivity index (χ0v) is 12.6. The number of likely N-dealkylation sites (N-methyl/N-ethyl adjacent to an activating group) is 1. The summed E-state index contributed by atoms with van der Waals surface area (Å²) in [6.07, 6.45) is 11.0. The van der Waals surface area contributed by atoms with E-state index < -0.39 is 0 Å². The molecule has 1 heterocycles. The van der Waals surface area contributed by atoms with Crippen molar-refractivity contribution in [2.75, 3.05) is 7.05 Å². The van der Waals surface area contributed by atoms with Crippen molar-refractivity contribution in [3.05, 3.63) is 12.2 Å². The van der Waals surface area contributed by atoms with Crippen LogP contribution in [0.2, 0.25) is 0 Å². The lowest BCUT2D eigenvalue weighted by atomic mass is 9.89. The molecule has 4 heteroatoms. The number of nitrogens with zero attached hydrogens (tertiary/aromatic N) is 3. The standard InChI is InChI=1S/C15H28N4/c1-12(2)19-15(17-11-18-19)10-14(16-3)13-8-6-4-5-7-9-13/h11-14,16H,4-10H2,1-3H3. The highest BCUT2D eigenvalue weighted by atomic mass is 15.3. The zero-order valence-electron chi connectivity index (χ0n) is 12.6. The molecule has 1 fully saturated rings. The van der Waals surface area contributed by atoms with Crippen LogP contribution in [-0.4, -0.2) is 27.9 Å². The van der Waals surface area contributed by atoms with Crippen LogP contribution in [0.15, 0.2) is 6.33 Å². The Hall–Kier alpha value is -0.900. The second-order valence-corrected chi connectivity index (χ2v) is 6.07. The van der Waals surface area contributed by atoms with Gasteiger partial charge >= 0.3 is 0 Å². The van der Waals surface area contributed by atoms with Crippen molar-refractivity contribution in [2.45, 2.75) is 70.9 Å². The lowest BCUT2D eigenvalue weighted by Crippen LogP contribution is -2.36. The summed E-state index contributed by atoms with van der Waals surface area (Å²) in [5.74, 6) is 1.92. The fraction of sp³-hybridized carbons (Fsp3) is 0.867. The predicted molar refractivity (Wildman–Crippen MR) is 78.2 cm³/mol. The van der Waals surface area contributed by atoms with E-state index in [0.29, 0.717) is 12.1 Å². The second-order valence-electron chi connectivity index (χ2n) is 6.07. The molecule has 0 aliphatic heterocycles. The molecule has 1 aliphatic carbocycles. The van der Waals surface area contributed by atoms with Gasteiger partial charge in [-0.15, -0.1) is 0 Å². The highest BCUT2D eigenvalue weighted by Gasteiger charge is 2.23. The van der Waals surface area contributed by atoms with Crippen molar-refractivity contribution in [1.29, 1.82) is 0 Å². The molecular weight excluding hydrogens is 236 g/mol. The van der Waals surface area contributed by atoms with E-state index in [2.05, 4.69) is 41.0 Å². The van der Waals surface area contributed by atoms with Gasteiger partial charge in [-0.3, -0.25) is 0 Å². The zero-order chi connectivity index (χ0) is 13.7. The van der Waals surface area contributed by atoms with Crippen molar-refractivity contribution < 1.29 is 0 Å². The molecular formula is C15H28N4. The molecule has 1 atom stereocenters. The largest absolute Gasteiger partial charge is 0.316 e. The minimum absolute atomic E-state index is 0.393. The van der Waals surface area contributed by atoms with E-state index >= 15 is 0 Å². The normalized spacial score (nSPS) is 19.6. The van der Waals surface area contributed by atoms with E-state index in [0.717, 1.165) is 18.2 Å². The summed E-state index contributed by atoms with van der Waals surface area (Å²) >= 11 is 0. The summed E-state index contributed by atoms with van der Waals surface area (Å²) in [6.45, 7) is 4.33. The van der Waals surface area contributed by atoms with Crippen molar-refractivity contribution in [3.63, 3.8) is 0 Å². The van der Waals surface area contributed by atoms with Crippen LogP contribution in [0.25, 0.3) is 0 Å². The molecule has 1 N–H and O–H groups in total. The maximum Gasteiger partial charge on any atom is 0.138 e. The third kappa shape index (κ3) is 3.78. The van der Waals surface area contributed by atoms with Gasteiger partial charge in [-0.25, -0.2) is 9.67 Å². The van der Waals surface area contributed by atoms with E-state index in [4.69, 9.17) is 0 Å². The van der Waals surface area contributed by atoms with Gasteiger partial charge in [-0.05, 0) is 39.7 Å². The van der Waals surface area contributed by atoms with Gasteiger partial charge in [0, 0.05) is 18.5 Å². The fourth-order valence-electron chi connectivity index (χ4n) is 3.27. The van der Waals surface area contributed by atoms with Crippen molar-refractivity contribution >= 4 is 0 Å². The molecule has 0 radical (unpaired) electrons. The van der Waals surface area contributed by atoms with E-state index in [1.807, 2.05) is 0 Å². The van der Waals surface area contributed by atoms with E-state index in [-0.39, 0.29) is 0 Å². The first kappa shape index (κ1) is 14.5. The molecule has 1 saturated carbocycles. The van der Waals surface area contributed by atoms with Gasteiger partial charge in [0.25, 0.3) is 0 Å². The lowest BCUT2D eigenvalue weighted by molar-refractivity contribution is 0.322. The number of nitrogens with one attached hydrogen (secondary N) is 1. The number of hydrogen-bond acceptors (Lipinski definition) is 3. The van der Waals surface area contributed by atoms with Crippen LogP contribution in [0, 0.1) is 5.92 Å². The molecule has 0 saturated heterocycles. The number of rotatable bonds is 5. The molecule has 4 nitrogen and oxygen atoms in total. The monoisotopic (exact) mass is 264 g/mol. The first-order valence-electron chi connectivity index (χ1n) is 7.78. The van der Waals surface area contributed by atoms with Crippen LogP contribution in [0.4, 0.5) is 0 Å². The molecule has 1 unspecified atom stereocenters. The molecule has 1 aromatic rings. The van der Waals surface area contributed by atoms with E-state index in [1.165, 1.54) is 38.5 Å². The Morgan fingerprint density at radius 1 is 1.26 bits per heavy atom. The molecule has 1 aliphatic rings. The van der Waals surface area contributed by atoms with Crippen LogP contribution < -0.4 is 5.32 Å². The van der Waals surface area contributed by atoms with Gasteiger partial charge in [-0.1, -0.05) is 25.7 Å². The first-order valence-corrected chi connectivity index (χ1v) is 7.78. The Balaban J connectivity index is 2.03. The Morgan fingerprint density at radius 3 is 2.53 bits per heavy atom. The summed E-state index contributed by atoms with van der Waals surface area (Å²) in [4.78, 5) is 4.46. The minimum Gasteiger partial charge on any atom is -0.316 e. The molecule has 0 spiro atoms. The maximum absolute atomic E-state index is 4.46. The summed E-state index contributed by atoms with van der Waals surface area (Å²) in [5.41, 5.74) is 0. The highest BCUT2D eigenvalue weighted by molar-refractivity contribution is 4.93. The second kappa shape index (κ2) is 7.04. The van der Waals surface area contributed by atoms with Crippen LogP contribution in [0.1, 0.15) is 64.2 Å². The highest BCUT2D eigenvalue weighted by Crippen LogP contribution is 2.27. The topological polar surface area (TPSA) is 42.7 Å². The lowest BCUT2D eigenvalue weighted by Gasteiger charge is -2.26. The molecule has 19 heavy (non-hydrogen) atoms. The van der Waals surface area contributed by atoms with E-state index in [1.54, 1.807) is 6.33 Å². The Morgan fingerprint density at radius 2 is 1.95 bits per heavy atom. The van der Waals surface area contributed by atoms with Gasteiger partial charge in [0.2, 0.25) is 0 Å². The van der Waals surface area contributed by atoms with E-state index in [9.17, 15) is 0 Å². The summed E-state index contributed by atoms with van der Waals surface area (Å²) in [6, 6.07) is 0.934. The smallest absolute Gasteiger partial charge is 0.138 e. The van der Waals surface area contributed by atoms with Crippen molar-refractivity contribution in [1.82, 2.24) is 20.1 Å². The van der Waals surface area contributed by atoms with Crippen molar-refractivity contribution in [2.24, 2.45) is 5.92 Å². The average molecular weight is 264 g/mol. The summed E-state index contributed by atoms with van der Waals surface area (Å²) in [7, 11) is 2.09. The molecule has 1 aromatic heterocycles. The predicted octanol–water partition coefficient (Wildman–Crippen LogP) is 2.96. The molecule has 2 rings (SSSR count). The van der Waals surface area contributed by atoms with Gasteiger partial charge in [0.1, 0.15) is 12.2 Å². The maximum atomic E-state index is 4.46. The molecule has 0 amide bonds.